The third-order valence-corrected chi connectivity index (χ3v) is 5.47. The van der Waals surface area contributed by atoms with Crippen LogP contribution < -0.4 is 10.1 Å². The number of nitrogens with zero attached hydrogens (tertiary/aromatic N) is 4. The number of rotatable bonds is 7. The Morgan fingerprint density at radius 3 is 2.62 bits per heavy atom. The van der Waals surface area contributed by atoms with Gasteiger partial charge in [0.05, 0.1) is 22.8 Å². The fraction of sp³-hybridized carbons (Fsp3) is 0.111. The van der Waals surface area contributed by atoms with E-state index in [4.69, 9.17) is 9.72 Å². The molecule has 3 heterocycles. The lowest BCUT2D eigenvalue weighted by atomic mass is 10.1. The number of hydrogen-bond donors (Lipinski definition) is 1. The second-order valence-electron chi connectivity index (χ2n) is 7.74. The van der Waals surface area contributed by atoms with Gasteiger partial charge in [-0.2, -0.15) is 5.10 Å². The Morgan fingerprint density at radius 1 is 1.00 bits per heavy atom. The van der Waals surface area contributed by atoms with Crippen molar-refractivity contribution in [3.8, 4) is 17.0 Å². The normalized spacial score (nSPS) is 10.9. The number of ether oxygens (including phenoxy) is 1. The minimum absolute atomic E-state index is 0.230. The van der Waals surface area contributed by atoms with Crippen molar-refractivity contribution in [1.82, 2.24) is 19.7 Å². The summed E-state index contributed by atoms with van der Waals surface area (Å²) in [5.74, 6) is 0.435. The molecule has 1 amide bonds. The van der Waals surface area contributed by atoms with Gasteiger partial charge in [-0.15, -0.1) is 0 Å². The molecule has 1 N–H and O–H groups in total. The SMILES string of the molecule is CCn1ncc2c(C(=O)Nc3cccc(OCc4ccncc4)c3)cc(-c3ccccc3)nc21. The molecule has 7 heteroatoms. The third kappa shape index (κ3) is 4.49. The van der Waals surface area contributed by atoms with E-state index in [1.807, 2.05) is 79.7 Å². The van der Waals surface area contributed by atoms with Crippen LogP contribution in [-0.4, -0.2) is 25.7 Å². The molecule has 2 aromatic carbocycles. The molecule has 0 aliphatic rings. The summed E-state index contributed by atoms with van der Waals surface area (Å²) in [6.07, 6.45) is 5.16. The molecule has 0 atom stereocenters. The van der Waals surface area contributed by atoms with Crippen LogP contribution in [0.4, 0.5) is 5.69 Å². The summed E-state index contributed by atoms with van der Waals surface area (Å²) >= 11 is 0. The van der Waals surface area contributed by atoms with E-state index in [9.17, 15) is 4.79 Å². The van der Waals surface area contributed by atoms with Gasteiger partial charge >= 0.3 is 0 Å². The number of anilines is 1. The Morgan fingerprint density at radius 2 is 1.82 bits per heavy atom. The average molecular weight is 450 g/mol. The largest absolute Gasteiger partial charge is 0.489 e. The van der Waals surface area contributed by atoms with Gasteiger partial charge in [0.2, 0.25) is 0 Å². The summed E-state index contributed by atoms with van der Waals surface area (Å²) in [6.45, 7) is 3.08. The van der Waals surface area contributed by atoms with Crippen molar-refractivity contribution in [2.24, 2.45) is 0 Å². The molecule has 0 saturated heterocycles. The zero-order chi connectivity index (χ0) is 23.3. The van der Waals surface area contributed by atoms with Crippen LogP contribution >= 0.6 is 0 Å². The number of carbonyl (C=O) groups is 1. The van der Waals surface area contributed by atoms with Crippen LogP contribution in [0.1, 0.15) is 22.8 Å². The molecular formula is C27H23N5O2. The van der Waals surface area contributed by atoms with Crippen molar-refractivity contribution in [2.75, 3.05) is 5.32 Å². The molecule has 0 fully saturated rings. The minimum atomic E-state index is -0.230. The summed E-state index contributed by atoms with van der Waals surface area (Å²) in [7, 11) is 0. The fourth-order valence-electron chi connectivity index (χ4n) is 3.73. The number of carbonyl (C=O) groups excluding carboxylic acids is 1. The van der Waals surface area contributed by atoms with Crippen LogP contribution in [0, 0.1) is 0 Å². The first-order valence-electron chi connectivity index (χ1n) is 11.1. The first-order chi connectivity index (χ1) is 16.7. The molecule has 0 aliphatic carbocycles. The van der Waals surface area contributed by atoms with Crippen molar-refractivity contribution < 1.29 is 9.53 Å². The van der Waals surface area contributed by atoms with E-state index in [-0.39, 0.29) is 5.91 Å². The molecule has 168 valence electrons. The van der Waals surface area contributed by atoms with Gasteiger partial charge < -0.3 is 10.1 Å². The highest BCUT2D eigenvalue weighted by Gasteiger charge is 2.17. The topological polar surface area (TPSA) is 81.9 Å². The Kier molecular flexibility index (Phi) is 5.99. The van der Waals surface area contributed by atoms with Crippen LogP contribution in [0.3, 0.4) is 0 Å². The van der Waals surface area contributed by atoms with E-state index >= 15 is 0 Å². The maximum absolute atomic E-state index is 13.4. The lowest BCUT2D eigenvalue weighted by Crippen LogP contribution is -2.13. The molecule has 0 radical (unpaired) electrons. The first-order valence-corrected chi connectivity index (χ1v) is 11.1. The number of aromatic nitrogens is 4. The van der Waals surface area contributed by atoms with Crippen LogP contribution in [0.2, 0.25) is 0 Å². The zero-order valence-electron chi connectivity index (χ0n) is 18.7. The molecule has 0 unspecified atom stereocenters. The Balaban J connectivity index is 1.43. The summed E-state index contributed by atoms with van der Waals surface area (Å²) in [6, 6.07) is 22.8. The Hall–Kier alpha value is -4.52. The number of fused-ring (bicyclic) bond motifs is 1. The molecule has 0 saturated carbocycles. The first kappa shape index (κ1) is 21.3. The van der Waals surface area contributed by atoms with E-state index in [2.05, 4.69) is 15.4 Å². The van der Waals surface area contributed by atoms with Gasteiger partial charge in [0, 0.05) is 36.3 Å². The van der Waals surface area contributed by atoms with Crippen LogP contribution in [-0.2, 0) is 13.2 Å². The lowest BCUT2D eigenvalue weighted by Gasteiger charge is -2.11. The monoisotopic (exact) mass is 449 g/mol. The smallest absolute Gasteiger partial charge is 0.256 e. The number of benzene rings is 2. The van der Waals surface area contributed by atoms with Gasteiger partial charge in [-0.3, -0.25) is 9.78 Å². The van der Waals surface area contributed by atoms with Gasteiger partial charge in [-0.05, 0) is 42.8 Å². The van der Waals surface area contributed by atoms with Crippen molar-refractivity contribution >= 4 is 22.6 Å². The van der Waals surface area contributed by atoms with E-state index in [0.717, 1.165) is 16.8 Å². The Bertz CT molecular complexity index is 1430. The van der Waals surface area contributed by atoms with Crippen LogP contribution in [0.15, 0.2) is 91.4 Å². The predicted molar refractivity (Wildman–Crippen MR) is 132 cm³/mol. The van der Waals surface area contributed by atoms with Gasteiger partial charge in [-0.1, -0.05) is 36.4 Å². The molecule has 0 spiro atoms. The quantitative estimate of drug-likeness (QED) is 0.362. The van der Waals surface area contributed by atoms with Gasteiger partial charge in [0.1, 0.15) is 12.4 Å². The third-order valence-electron chi connectivity index (χ3n) is 5.47. The van der Waals surface area contributed by atoms with Gasteiger partial charge in [-0.25, -0.2) is 9.67 Å². The zero-order valence-corrected chi connectivity index (χ0v) is 18.7. The standard InChI is InChI=1S/C27H23N5O2/c1-2-32-26-24(17-29-32)23(16-25(31-26)20-7-4-3-5-8-20)27(33)30-21-9-6-10-22(15-21)34-18-19-11-13-28-14-12-19/h3-17H,2,18H2,1H3,(H,30,33). The molecule has 3 aromatic heterocycles. The number of pyridine rings is 2. The van der Waals surface area contributed by atoms with Crippen molar-refractivity contribution in [1.29, 1.82) is 0 Å². The van der Waals surface area contributed by atoms with E-state index in [0.29, 0.717) is 41.2 Å². The van der Waals surface area contributed by atoms with Gasteiger partial charge in [0.25, 0.3) is 5.91 Å². The maximum Gasteiger partial charge on any atom is 0.256 e. The lowest BCUT2D eigenvalue weighted by molar-refractivity contribution is 0.102. The molecule has 7 nitrogen and oxygen atoms in total. The molecule has 5 aromatic rings. The fourth-order valence-corrected chi connectivity index (χ4v) is 3.73. The second kappa shape index (κ2) is 9.54. The predicted octanol–water partition coefficient (Wildman–Crippen LogP) is 5.34. The average Bonchev–Trinajstić information content (AvgIpc) is 3.31. The van der Waals surface area contributed by atoms with Crippen LogP contribution in [0.25, 0.3) is 22.3 Å². The highest BCUT2D eigenvalue weighted by Crippen LogP contribution is 2.26. The highest BCUT2D eigenvalue weighted by molar-refractivity contribution is 6.12. The van der Waals surface area contributed by atoms with E-state index < -0.39 is 0 Å². The van der Waals surface area contributed by atoms with E-state index in [1.165, 1.54) is 0 Å². The number of nitrogens with one attached hydrogen (secondary N) is 1. The molecular weight excluding hydrogens is 426 g/mol. The minimum Gasteiger partial charge on any atom is -0.489 e. The summed E-state index contributed by atoms with van der Waals surface area (Å²) in [4.78, 5) is 22.2. The molecule has 5 rings (SSSR count). The molecule has 0 bridgehead atoms. The number of hydrogen-bond acceptors (Lipinski definition) is 5. The van der Waals surface area contributed by atoms with Crippen molar-refractivity contribution in [2.45, 2.75) is 20.1 Å². The van der Waals surface area contributed by atoms with Crippen LogP contribution in [0.5, 0.6) is 5.75 Å². The Labute approximate surface area is 197 Å². The molecule has 34 heavy (non-hydrogen) atoms. The number of amides is 1. The summed E-state index contributed by atoms with van der Waals surface area (Å²) < 4.78 is 7.68. The van der Waals surface area contributed by atoms with Crippen molar-refractivity contribution in [3.63, 3.8) is 0 Å². The summed E-state index contributed by atoms with van der Waals surface area (Å²) in [5.41, 5.74) is 4.53. The second-order valence-corrected chi connectivity index (χ2v) is 7.74. The van der Waals surface area contributed by atoms with Gasteiger partial charge in [0.15, 0.2) is 5.65 Å². The molecule has 0 aliphatic heterocycles. The summed E-state index contributed by atoms with van der Waals surface area (Å²) in [5, 5.41) is 8.13. The van der Waals surface area contributed by atoms with Crippen molar-refractivity contribution in [3.05, 3.63) is 103 Å². The highest BCUT2D eigenvalue weighted by atomic mass is 16.5. The number of aryl methyl sites for hydroxylation is 1. The van der Waals surface area contributed by atoms with E-state index in [1.54, 1.807) is 23.3 Å². The maximum atomic E-state index is 13.4.